The number of aromatic nitrogens is 3. The molecular weight excluding hydrogens is 286 g/mol. The van der Waals surface area contributed by atoms with Gasteiger partial charge in [-0.1, -0.05) is 0 Å². The molecular formula is C11H10BrN3O2. The van der Waals surface area contributed by atoms with Crippen molar-refractivity contribution in [2.45, 2.75) is 13.5 Å². The minimum absolute atomic E-state index is 0.143. The van der Waals surface area contributed by atoms with Gasteiger partial charge in [0, 0.05) is 18.0 Å². The van der Waals surface area contributed by atoms with Gasteiger partial charge in [-0.2, -0.15) is 5.10 Å². The molecule has 0 radical (unpaired) electrons. The van der Waals surface area contributed by atoms with Crippen molar-refractivity contribution >= 4 is 21.9 Å². The zero-order valence-corrected chi connectivity index (χ0v) is 10.7. The Morgan fingerprint density at radius 2 is 2.12 bits per heavy atom. The number of nitrogens with zero attached hydrogens (tertiary/aromatic N) is 3. The molecule has 0 aliphatic rings. The van der Waals surface area contributed by atoms with Crippen molar-refractivity contribution in [2.75, 3.05) is 0 Å². The van der Waals surface area contributed by atoms with Crippen molar-refractivity contribution in [3.63, 3.8) is 0 Å². The molecule has 6 heteroatoms. The summed E-state index contributed by atoms with van der Waals surface area (Å²) in [7, 11) is 0. The maximum atomic E-state index is 10.7. The van der Waals surface area contributed by atoms with Crippen molar-refractivity contribution in [1.29, 1.82) is 0 Å². The minimum atomic E-state index is -0.913. The van der Waals surface area contributed by atoms with Gasteiger partial charge in [-0.15, -0.1) is 0 Å². The molecule has 5 nitrogen and oxygen atoms in total. The third-order valence-corrected chi connectivity index (χ3v) is 3.32. The molecule has 0 bridgehead atoms. The van der Waals surface area contributed by atoms with E-state index in [1.54, 1.807) is 12.4 Å². The quantitative estimate of drug-likeness (QED) is 0.941. The van der Waals surface area contributed by atoms with E-state index in [0.29, 0.717) is 0 Å². The highest BCUT2D eigenvalue weighted by Gasteiger charge is 2.15. The number of hydrogen-bond donors (Lipinski definition) is 1. The van der Waals surface area contributed by atoms with Crippen molar-refractivity contribution in [3.05, 3.63) is 34.7 Å². The lowest BCUT2D eigenvalue weighted by Gasteiger charge is -1.98. The summed E-state index contributed by atoms with van der Waals surface area (Å²) in [6.45, 7) is 1.68. The van der Waals surface area contributed by atoms with Crippen molar-refractivity contribution < 1.29 is 9.90 Å². The first-order valence-corrected chi connectivity index (χ1v) is 5.74. The molecule has 0 fully saturated rings. The molecule has 17 heavy (non-hydrogen) atoms. The SMILES string of the molecule is Cc1c(Br)c(-c2ccncc2)nn1CC(=O)O. The Kier molecular flexibility index (Phi) is 3.23. The van der Waals surface area contributed by atoms with Gasteiger partial charge in [0.2, 0.25) is 0 Å². The molecule has 88 valence electrons. The van der Waals surface area contributed by atoms with E-state index in [2.05, 4.69) is 26.0 Å². The van der Waals surface area contributed by atoms with Crippen molar-refractivity contribution in [3.8, 4) is 11.3 Å². The Morgan fingerprint density at radius 3 is 2.71 bits per heavy atom. The van der Waals surface area contributed by atoms with E-state index >= 15 is 0 Å². The highest BCUT2D eigenvalue weighted by molar-refractivity contribution is 9.10. The number of carbonyl (C=O) groups is 1. The number of rotatable bonds is 3. The van der Waals surface area contributed by atoms with E-state index < -0.39 is 5.97 Å². The molecule has 0 spiro atoms. The number of pyridine rings is 1. The van der Waals surface area contributed by atoms with E-state index in [0.717, 1.165) is 21.4 Å². The zero-order chi connectivity index (χ0) is 12.4. The fraction of sp³-hybridized carbons (Fsp3) is 0.182. The van der Waals surface area contributed by atoms with Crippen LogP contribution in [0.5, 0.6) is 0 Å². The van der Waals surface area contributed by atoms with Crippen LogP contribution in [0.2, 0.25) is 0 Å². The van der Waals surface area contributed by atoms with Gasteiger partial charge in [0.25, 0.3) is 0 Å². The summed E-state index contributed by atoms with van der Waals surface area (Å²) in [5, 5.41) is 13.1. The summed E-state index contributed by atoms with van der Waals surface area (Å²) in [6, 6.07) is 3.66. The van der Waals surface area contributed by atoms with Crippen LogP contribution in [0.4, 0.5) is 0 Å². The molecule has 0 atom stereocenters. The van der Waals surface area contributed by atoms with Crippen LogP contribution in [0.25, 0.3) is 11.3 Å². The largest absolute Gasteiger partial charge is 0.480 e. The fourth-order valence-electron chi connectivity index (χ4n) is 1.50. The molecule has 0 saturated carbocycles. The van der Waals surface area contributed by atoms with Crippen LogP contribution in [0.3, 0.4) is 0 Å². The van der Waals surface area contributed by atoms with Crippen molar-refractivity contribution in [2.24, 2.45) is 0 Å². The first-order chi connectivity index (χ1) is 8.09. The van der Waals surface area contributed by atoms with E-state index in [4.69, 9.17) is 5.11 Å². The lowest BCUT2D eigenvalue weighted by Crippen LogP contribution is -2.11. The summed E-state index contributed by atoms with van der Waals surface area (Å²) < 4.78 is 2.27. The second-order valence-electron chi connectivity index (χ2n) is 3.54. The molecule has 0 aliphatic carbocycles. The molecule has 0 aromatic carbocycles. The molecule has 2 rings (SSSR count). The maximum Gasteiger partial charge on any atom is 0.325 e. The first kappa shape index (κ1) is 11.8. The van der Waals surface area contributed by atoms with Gasteiger partial charge in [-0.25, -0.2) is 0 Å². The van der Waals surface area contributed by atoms with Gasteiger partial charge in [-0.3, -0.25) is 14.5 Å². The van der Waals surface area contributed by atoms with Crippen LogP contribution in [-0.2, 0) is 11.3 Å². The number of carboxylic acids is 1. The monoisotopic (exact) mass is 295 g/mol. The molecule has 0 saturated heterocycles. The van der Waals surface area contributed by atoms with E-state index in [-0.39, 0.29) is 6.54 Å². The number of aliphatic carboxylic acids is 1. The first-order valence-electron chi connectivity index (χ1n) is 4.94. The molecule has 0 aliphatic heterocycles. The summed E-state index contributed by atoms with van der Waals surface area (Å²) in [5.74, 6) is -0.913. The molecule has 0 unspecified atom stereocenters. The van der Waals surface area contributed by atoms with Gasteiger partial charge in [0.1, 0.15) is 12.2 Å². The lowest BCUT2D eigenvalue weighted by atomic mass is 10.2. The standard InChI is InChI=1S/C11H10BrN3O2/c1-7-10(12)11(8-2-4-13-5-3-8)14-15(7)6-9(16)17/h2-5H,6H2,1H3,(H,16,17). The second-order valence-corrected chi connectivity index (χ2v) is 4.33. The third-order valence-electron chi connectivity index (χ3n) is 2.37. The summed E-state index contributed by atoms with van der Waals surface area (Å²) in [5.41, 5.74) is 2.42. The minimum Gasteiger partial charge on any atom is -0.480 e. The highest BCUT2D eigenvalue weighted by atomic mass is 79.9. The van der Waals surface area contributed by atoms with Crippen LogP contribution < -0.4 is 0 Å². The Morgan fingerprint density at radius 1 is 1.47 bits per heavy atom. The Balaban J connectivity index is 2.46. The van der Waals surface area contributed by atoms with Crippen LogP contribution in [-0.4, -0.2) is 25.8 Å². The fourth-order valence-corrected chi connectivity index (χ4v) is 2.01. The average molecular weight is 296 g/mol. The van der Waals surface area contributed by atoms with E-state index in [1.807, 2.05) is 19.1 Å². The highest BCUT2D eigenvalue weighted by Crippen LogP contribution is 2.29. The van der Waals surface area contributed by atoms with Crippen LogP contribution in [0.1, 0.15) is 5.69 Å². The number of halogens is 1. The second kappa shape index (κ2) is 4.67. The number of carboxylic acid groups (broad SMARTS) is 1. The smallest absolute Gasteiger partial charge is 0.325 e. The molecule has 2 heterocycles. The molecule has 2 aromatic heterocycles. The maximum absolute atomic E-state index is 10.7. The topological polar surface area (TPSA) is 68.0 Å². The Hall–Kier alpha value is -1.69. The van der Waals surface area contributed by atoms with E-state index in [9.17, 15) is 4.79 Å². The summed E-state index contributed by atoms with van der Waals surface area (Å²) >= 11 is 3.43. The molecule has 2 aromatic rings. The predicted octanol–water partition coefficient (Wildman–Crippen LogP) is 2.10. The van der Waals surface area contributed by atoms with Crippen LogP contribution in [0, 0.1) is 6.92 Å². The van der Waals surface area contributed by atoms with Crippen LogP contribution in [0.15, 0.2) is 29.0 Å². The average Bonchev–Trinajstić information content (AvgIpc) is 2.58. The predicted molar refractivity (Wildman–Crippen MR) is 65.5 cm³/mol. The molecule has 0 amide bonds. The molecule has 1 N–H and O–H groups in total. The zero-order valence-electron chi connectivity index (χ0n) is 9.09. The van der Waals surface area contributed by atoms with Gasteiger partial charge >= 0.3 is 5.97 Å². The van der Waals surface area contributed by atoms with Crippen molar-refractivity contribution in [1.82, 2.24) is 14.8 Å². The van der Waals surface area contributed by atoms with Gasteiger partial charge < -0.3 is 5.11 Å². The van der Waals surface area contributed by atoms with Gasteiger partial charge in [0.15, 0.2) is 0 Å². The van der Waals surface area contributed by atoms with Gasteiger partial charge in [0.05, 0.1) is 10.2 Å². The Bertz CT molecular complexity index is 551. The summed E-state index contributed by atoms with van der Waals surface area (Å²) in [4.78, 5) is 14.6. The van der Waals surface area contributed by atoms with Gasteiger partial charge in [-0.05, 0) is 35.0 Å². The third kappa shape index (κ3) is 2.36. The lowest BCUT2D eigenvalue weighted by molar-refractivity contribution is -0.137. The van der Waals surface area contributed by atoms with Crippen LogP contribution >= 0.6 is 15.9 Å². The normalized spacial score (nSPS) is 10.5. The summed E-state index contributed by atoms with van der Waals surface area (Å²) in [6.07, 6.45) is 3.35. The van der Waals surface area contributed by atoms with E-state index in [1.165, 1.54) is 4.68 Å². The number of hydrogen-bond acceptors (Lipinski definition) is 3. The Labute approximate surface area is 106 Å².